The first-order valence-corrected chi connectivity index (χ1v) is 6.22. The highest BCUT2D eigenvalue weighted by Crippen LogP contribution is 2.34. The van der Waals surface area contributed by atoms with Crippen LogP contribution in [-0.4, -0.2) is 43.2 Å². The summed E-state index contributed by atoms with van der Waals surface area (Å²) in [5.74, 6) is 0. The van der Waals surface area contributed by atoms with Crippen molar-refractivity contribution in [2.24, 2.45) is 0 Å². The van der Waals surface area contributed by atoms with Gasteiger partial charge < -0.3 is 24.2 Å². The van der Waals surface area contributed by atoms with Gasteiger partial charge in [-0.2, -0.15) is 9.97 Å². The number of nitrogens with one attached hydrogen (secondary N) is 1. The lowest BCUT2D eigenvalue weighted by atomic mass is 10.6. The lowest BCUT2D eigenvalue weighted by molar-refractivity contribution is 0.289. The molecule has 0 amide bonds. The molecule has 0 aromatic carbocycles. The van der Waals surface area contributed by atoms with Crippen molar-refractivity contribution in [2.45, 2.75) is 0 Å². The molecular formula is C7H9N4O5P. The van der Waals surface area contributed by atoms with E-state index in [1.54, 1.807) is 0 Å². The molecule has 17 heavy (non-hydrogen) atoms. The van der Waals surface area contributed by atoms with Crippen LogP contribution < -0.4 is 9.47 Å². The Labute approximate surface area is 95.0 Å². The fourth-order valence-electron chi connectivity index (χ4n) is 1.08. The van der Waals surface area contributed by atoms with Gasteiger partial charge in [0, 0.05) is 0 Å². The zero-order valence-electron chi connectivity index (χ0n) is 8.69. The Balaban J connectivity index is 2.22. The first-order chi connectivity index (χ1) is 7.98. The van der Waals surface area contributed by atoms with Crippen molar-refractivity contribution < 1.29 is 23.8 Å². The molecule has 2 aromatic heterocycles. The number of hydrogen-bond donors (Lipinski definition) is 3. The molecular weight excluding hydrogens is 251 g/mol. The highest BCUT2D eigenvalue weighted by Gasteiger charge is 2.15. The standard InChI is InChI=1S/C7H9N4O5P/c1-15-6-8-2-4-5(10-6)11-7(9-4)16-3-17(12,13)14/h2H,3H2,1H3,(H2,12,13,14)(H,8,9,10,11). The number of nitrogens with zero attached hydrogens (tertiary/aromatic N) is 3. The number of aromatic nitrogens is 4. The van der Waals surface area contributed by atoms with E-state index in [1.165, 1.54) is 13.3 Å². The van der Waals surface area contributed by atoms with Crippen molar-refractivity contribution in [3.05, 3.63) is 6.20 Å². The van der Waals surface area contributed by atoms with Crippen LogP contribution in [0.5, 0.6) is 12.0 Å². The fourth-order valence-corrected chi connectivity index (χ4v) is 1.37. The molecule has 10 heteroatoms. The van der Waals surface area contributed by atoms with Crippen LogP contribution in [0.25, 0.3) is 11.2 Å². The van der Waals surface area contributed by atoms with Gasteiger partial charge in [0.1, 0.15) is 5.52 Å². The Hall–Kier alpha value is -1.70. The van der Waals surface area contributed by atoms with Gasteiger partial charge in [0.15, 0.2) is 12.0 Å². The summed E-state index contributed by atoms with van der Waals surface area (Å²) in [4.78, 5) is 31.5. The largest absolute Gasteiger partial charge is 0.467 e. The minimum atomic E-state index is -4.23. The molecule has 9 nitrogen and oxygen atoms in total. The number of H-pyrrole nitrogens is 1. The number of hydrogen-bond acceptors (Lipinski definition) is 6. The van der Waals surface area contributed by atoms with Crippen LogP contribution in [0.4, 0.5) is 0 Å². The number of imidazole rings is 1. The molecule has 2 aromatic rings. The van der Waals surface area contributed by atoms with E-state index in [0.717, 1.165) is 0 Å². The van der Waals surface area contributed by atoms with Gasteiger partial charge in [-0.15, -0.1) is 0 Å². The Morgan fingerprint density at radius 2 is 2.24 bits per heavy atom. The molecule has 3 N–H and O–H groups in total. The normalized spacial score (nSPS) is 11.7. The number of aromatic amines is 1. The molecule has 0 saturated carbocycles. The summed E-state index contributed by atoms with van der Waals surface area (Å²) in [6.07, 6.45) is 0.676. The van der Waals surface area contributed by atoms with E-state index in [-0.39, 0.29) is 17.7 Å². The lowest BCUT2D eigenvalue weighted by Gasteiger charge is -2.02. The summed E-state index contributed by atoms with van der Waals surface area (Å²) in [5.41, 5.74) is 0.768. The average Bonchev–Trinajstić information content (AvgIpc) is 2.66. The van der Waals surface area contributed by atoms with Crippen LogP contribution in [0.3, 0.4) is 0 Å². The Kier molecular flexibility index (Phi) is 2.97. The molecule has 2 rings (SSSR count). The van der Waals surface area contributed by atoms with Gasteiger partial charge in [-0.05, 0) is 0 Å². The molecule has 0 saturated heterocycles. The summed E-state index contributed by atoms with van der Waals surface area (Å²) >= 11 is 0. The summed E-state index contributed by atoms with van der Waals surface area (Å²) < 4.78 is 20.2. The minimum absolute atomic E-state index is 0.0362. The highest BCUT2D eigenvalue weighted by molar-refractivity contribution is 7.51. The second-order valence-corrected chi connectivity index (χ2v) is 4.66. The third kappa shape index (κ3) is 2.90. The first-order valence-electron chi connectivity index (χ1n) is 4.42. The number of methoxy groups -OCH3 is 1. The smallest absolute Gasteiger partial charge is 0.362 e. The average molecular weight is 260 g/mol. The van der Waals surface area contributed by atoms with Gasteiger partial charge in [0.25, 0.3) is 6.01 Å². The SMILES string of the molecule is COc1ncc2[nH]c(OCP(=O)(O)O)nc2n1. The third-order valence-electron chi connectivity index (χ3n) is 1.75. The van der Waals surface area contributed by atoms with Gasteiger partial charge in [0.05, 0.1) is 13.3 Å². The molecule has 0 unspecified atom stereocenters. The predicted molar refractivity (Wildman–Crippen MR) is 55.8 cm³/mol. The van der Waals surface area contributed by atoms with Crippen LogP contribution in [0, 0.1) is 0 Å². The third-order valence-corrected chi connectivity index (χ3v) is 2.21. The lowest BCUT2D eigenvalue weighted by Crippen LogP contribution is -1.99. The summed E-state index contributed by atoms with van der Waals surface area (Å²) in [6, 6.07) is 0.108. The topological polar surface area (TPSA) is 130 Å². The van der Waals surface area contributed by atoms with Crippen LogP contribution in [0.1, 0.15) is 0 Å². The molecule has 0 aliphatic carbocycles. The van der Waals surface area contributed by atoms with Crippen molar-refractivity contribution in [2.75, 3.05) is 13.5 Å². The maximum Gasteiger partial charge on any atom is 0.362 e. The first kappa shape index (κ1) is 11.8. The molecule has 2 heterocycles. The molecule has 0 bridgehead atoms. The summed E-state index contributed by atoms with van der Waals surface area (Å²) in [6.45, 7) is 0. The zero-order valence-corrected chi connectivity index (χ0v) is 9.59. The van der Waals surface area contributed by atoms with Crippen molar-refractivity contribution >= 4 is 18.8 Å². The quantitative estimate of drug-likeness (QED) is 0.648. The van der Waals surface area contributed by atoms with Crippen molar-refractivity contribution in [3.8, 4) is 12.0 Å². The van der Waals surface area contributed by atoms with Crippen LogP contribution >= 0.6 is 7.60 Å². The van der Waals surface area contributed by atoms with Gasteiger partial charge in [0.2, 0.25) is 0 Å². The zero-order chi connectivity index (χ0) is 12.5. The van der Waals surface area contributed by atoms with E-state index in [1.807, 2.05) is 0 Å². The fraction of sp³-hybridized carbons (Fsp3) is 0.286. The van der Waals surface area contributed by atoms with Gasteiger partial charge in [-0.25, -0.2) is 4.98 Å². The Morgan fingerprint density at radius 1 is 1.47 bits per heavy atom. The van der Waals surface area contributed by atoms with E-state index in [4.69, 9.17) is 19.3 Å². The van der Waals surface area contributed by atoms with Crippen LogP contribution in [0.2, 0.25) is 0 Å². The molecule has 0 atom stereocenters. The second kappa shape index (κ2) is 4.28. The molecule has 0 radical (unpaired) electrons. The maximum atomic E-state index is 10.6. The second-order valence-electron chi connectivity index (χ2n) is 3.07. The number of ether oxygens (including phenoxy) is 2. The number of fused-ring (bicyclic) bond motifs is 1. The van der Waals surface area contributed by atoms with E-state index in [0.29, 0.717) is 5.52 Å². The van der Waals surface area contributed by atoms with Gasteiger partial charge >= 0.3 is 13.6 Å². The van der Waals surface area contributed by atoms with Crippen molar-refractivity contribution in [3.63, 3.8) is 0 Å². The van der Waals surface area contributed by atoms with E-state index >= 15 is 0 Å². The van der Waals surface area contributed by atoms with Gasteiger partial charge in [-0.1, -0.05) is 0 Å². The Bertz CT molecular complexity index is 579. The van der Waals surface area contributed by atoms with Crippen molar-refractivity contribution in [1.82, 2.24) is 19.9 Å². The highest BCUT2D eigenvalue weighted by atomic mass is 31.2. The van der Waals surface area contributed by atoms with Crippen LogP contribution in [0.15, 0.2) is 6.20 Å². The Morgan fingerprint density at radius 3 is 2.88 bits per heavy atom. The molecule has 92 valence electrons. The summed E-state index contributed by atoms with van der Waals surface area (Å²) in [5, 5.41) is 0. The summed E-state index contributed by atoms with van der Waals surface area (Å²) in [7, 11) is -2.82. The molecule has 0 fully saturated rings. The minimum Gasteiger partial charge on any atom is -0.467 e. The van der Waals surface area contributed by atoms with Crippen molar-refractivity contribution in [1.29, 1.82) is 0 Å². The number of rotatable bonds is 4. The molecule has 0 spiro atoms. The maximum absolute atomic E-state index is 10.6. The molecule has 0 aliphatic rings. The van der Waals surface area contributed by atoms with E-state index in [9.17, 15) is 4.57 Å². The molecule has 0 aliphatic heterocycles. The monoisotopic (exact) mass is 260 g/mol. The van der Waals surface area contributed by atoms with E-state index < -0.39 is 13.9 Å². The van der Waals surface area contributed by atoms with Crippen LogP contribution in [-0.2, 0) is 4.57 Å². The van der Waals surface area contributed by atoms with Gasteiger partial charge in [-0.3, -0.25) is 4.57 Å². The predicted octanol–water partition coefficient (Wildman–Crippen LogP) is -0.125. The van der Waals surface area contributed by atoms with E-state index in [2.05, 4.69) is 19.9 Å².